The second kappa shape index (κ2) is 12.6. The Labute approximate surface area is 219 Å². The van der Waals surface area contributed by atoms with E-state index in [4.69, 9.17) is 43.0 Å². The van der Waals surface area contributed by atoms with Crippen molar-refractivity contribution in [2.75, 3.05) is 12.8 Å². The molecule has 4 N–H and O–H groups in total. The molecule has 20 heteroatoms. The maximum atomic E-state index is 13.0. The van der Waals surface area contributed by atoms with Crippen LogP contribution in [0.5, 0.6) is 0 Å². The quantitative estimate of drug-likeness (QED) is 0.322. The number of hydrogen-bond donors (Lipinski definition) is 1. The molecule has 18 nitrogen and oxygen atoms in total. The van der Waals surface area contributed by atoms with E-state index in [1.807, 2.05) is 55.9 Å². The largest absolute Gasteiger partial charge is 0.500 e. The van der Waals surface area contributed by atoms with Crippen molar-refractivity contribution < 1.29 is 72.4 Å². The van der Waals surface area contributed by atoms with Crippen LogP contribution in [0.3, 0.4) is 0 Å². The first-order valence-electron chi connectivity index (χ1n) is 9.89. The maximum absolute atomic E-state index is 13.0. The first-order chi connectivity index (χ1) is 16.8. The molecule has 0 atom stereocenters. The van der Waals surface area contributed by atoms with Crippen LogP contribution in [-0.2, 0) is 20.1 Å². The molecule has 2 aromatic rings. The van der Waals surface area contributed by atoms with Crippen LogP contribution in [0.15, 0.2) is 45.0 Å². The highest BCUT2D eigenvalue weighted by atomic mass is 35.7. The fourth-order valence-corrected chi connectivity index (χ4v) is 3.13. The molecule has 0 amide bonds. The van der Waals surface area contributed by atoms with E-state index in [-0.39, 0.29) is 11.2 Å². The third kappa shape index (κ3) is 9.96. The van der Waals surface area contributed by atoms with E-state index in [0.717, 1.165) is 22.8 Å². The molecule has 0 spiro atoms. The lowest BCUT2D eigenvalue weighted by Crippen LogP contribution is -2.68. The van der Waals surface area contributed by atoms with E-state index in [2.05, 4.69) is 15.0 Å². The predicted octanol–water partition coefficient (Wildman–Crippen LogP) is -10.8. The van der Waals surface area contributed by atoms with E-state index in [9.17, 15) is 4.79 Å². The number of aromatic nitrogens is 4. The summed E-state index contributed by atoms with van der Waals surface area (Å²) in [5.41, 5.74) is 7.61. The molecule has 0 bridgehead atoms. The molecular weight excluding hydrogens is 559 g/mol. The van der Waals surface area contributed by atoms with Crippen molar-refractivity contribution in [1.29, 1.82) is 0 Å². The van der Waals surface area contributed by atoms with Crippen LogP contribution in [0, 0.1) is 27.4 Å². The molecule has 4 rings (SSSR count). The van der Waals surface area contributed by atoms with Crippen LogP contribution in [-0.4, -0.2) is 38.6 Å². The molecule has 210 valence electrons. The van der Waals surface area contributed by atoms with Crippen LogP contribution in [0.1, 0.15) is 18.3 Å². The molecular formula is C18H24Cl2N8O10. The third-order valence-electron chi connectivity index (χ3n) is 4.93. The van der Waals surface area contributed by atoms with Crippen LogP contribution < -0.4 is 57.8 Å². The minimum absolute atomic E-state index is 0. The van der Waals surface area contributed by atoms with Gasteiger partial charge in [0.05, 0.1) is 12.6 Å². The summed E-state index contributed by atoms with van der Waals surface area (Å²) in [6, 6.07) is 1.83. The standard InChI is InChI=1S/C18H21N8O.2ClHO4.H2O/c1-11-20-16(19)13(7-23(11)3)9-25-6-5-15-22-17-14(10-26(15)18(25)27)8-24(4)12(2)21-17;2*2-1(3,4)5;/h5-8,19H,9-10H2,1-4H3;2*(H,2,3,4,5);1H2/q+1;;;/p-1. The fourth-order valence-electron chi connectivity index (χ4n) is 3.13. The van der Waals surface area contributed by atoms with Crippen molar-refractivity contribution in [3.8, 4) is 0 Å². The van der Waals surface area contributed by atoms with Gasteiger partial charge >= 0.3 is 5.69 Å². The van der Waals surface area contributed by atoms with Gasteiger partial charge in [0.1, 0.15) is 36.9 Å². The second-order valence-electron chi connectivity index (χ2n) is 7.60. The molecule has 0 radical (unpaired) electrons. The van der Waals surface area contributed by atoms with Crippen molar-refractivity contribution in [3.63, 3.8) is 0 Å². The summed E-state index contributed by atoms with van der Waals surface area (Å²) >= 11 is 0. The van der Waals surface area contributed by atoms with E-state index in [0.29, 0.717) is 30.6 Å². The Hall–Kier alpha value is -3.14. The molecule has 0 saturated carbocycles. The Morgan fingerprint density at radius 2 is 1.61 bits per heavy atom. The fraction of sp³-hybridized carbons (Fsp3) is 0.333. The van der Waals surface area contributed by atoms with Crippen molar-refractivity contribution >= 4 is 23.3 Å². The number of hydrogen-bond acceptors (Lipinski definition) is 14. The van der Waals surface area contributed by atoms with Crippen LogP contribution in [0.2, 0.25) is 0 Å². The average molecular weight is 583 g/mol. The van der Waals surface area contributed by atoms with Crippen LogP contribution in [0.4, 0.5) is 11.6 Å². The summed E-state index contributed by atoms with van der Waals surface area (Å²) in [7, 11) is -6.06. The van der Waals surface area contributed by atoms with Gasteiger partial charge in [-0.2, -0.15) is 18.9 Å². The number of nitrogens with zero attached hydrogens (tertiary/aromatic N) is 7. The Morgan fingerprint density at radius 1 is 1.05 bits per heavy atom. The predicted molar refractivity (Wildman–Crippen MR) is 104 cm³/mol. The molecule has 0 aliphatic carbocycles. The number of amidine groups is 2. The number of nitrogen functional groups attached to an aromatic ring is 1. The summed E-state index contributed by atoms with van der Waals surface area (Å²) in [6.45, 7) is 4.59. The van der Waals surface area contributed by atoms with Gasteiger partial charge in [0.15, 0.2) is 5.84 Å². The summed E-state index contributed by atoms with van der Waals surface area (Å²) < 4.78 is 73.1. The highest BCUT2D eigenvalue weighted by molar-refractivity contribution is 6.09. The van der Waals surface area contributed by atoms with Crippen LogP contribution >= 0.6 is 0 Å². The Balaban J connectivity index is 0.000000564. The number of fused-ring (bicyclic) bond motifs is 2. The Morgan fingerprint density at radius 3 is 2.16 bits per heavy atom. The van der Waals surface area contributed by atoms with Gasteiger partial charge in [-0.05, 0) is 11.9 Å². The van der Waals surface area contributed by atoms with Crippen molar-refractivity contribution in [2.45, 2.75) is 26.9 Å². The van der Waals surface area contributed by atoms with E-state index < -0.39 is 20.5 Å². The molecule has 38 heavy (non-hydrogen) atoms. The number of halogens is 2. The maximum Gasteiger partial charge on any atom is 0.500 e. The third-order valence-corrected chi connectivity index (χ3v) is 4.93. The highest BCUT2D eigenvalue weighted by Crippen LogP contribution is 2.22. The molecule has 4 heterocycles. The van der Waals surface area contributed by atoms with Gasteiger partial charge in [0.25, 0.3) is 5.82 Å². The first kappa shape index (κ1) is 32.9. The monoisotopic (exact) mass is 582 g/mol. The van der Waals surface area contributed by atoms with Gasteiger partial charge in [-0.25, -0.2) is 46.8 Å². The molecule has 0 saturated heterocycles. The molecule has 2 aliphatic rings. The number of aryl methyl sites for hydroxylation is 2. The molecule has 2 aliphatic heterocycles. The van der Waals surface area contributed by atoms with Crippen molar-refractivity contribution in [1.82, 2.24) is 14.5 Å². The van der Waals surface area contributed by atoms with E-state index >= 15 is 0 Å². The number of anilines is 1. The van der Waals surface area contributed by atoms with Gasteiger partial charge in [0.2, 0.25) is 11.6 Å². The first-order valence-corrected chi connectivity index (χ1v) is 12.4. The van der Waals surface area contributed by atoms with Gasteiger partial charge in [-0.1, -0.05) is 0 Å². The van der Waals surface area contributed by atoms with Gasteiger partial charge in [-0.15, -0.1) is 20.5 Å². The number of nitrogens with two attached hydrogens (primary N) is 1. The van der Waals surface area contributed by atoms with Gasteiger partial charge in [-0.3, -0.25) is 0 Å². The lowest BCUT2D eigenvalue weighted by Gasteiger charge is -2.23. The molecule has 2 aromatic heterocycles. The minimum atomic E-state index is -4.94. The van der Waals surface area contributed by atoms with Crippen LogP contribution in [0.25, 0.3) is 0 Å². The molecule has 0 unspecified atom stereocenters. The minimum Gasteiger partial charge on any atom is -0.412 e. The average Bonchev–Trinajstić information content (AvgIpc) is 2.71. The summed E-state index contributed by atoms with van der Waals surface area (Å²) in [4.78, 5) is 28.3. The summed E-state index contributed by atoms with van der Waals surface area (Å²) in [5, 5.41) is 0. The Bertz CT molecular complexity index is 1290. The Kier molecular flexibility index (Phi) is 10.9. The summed E-state index contributed by atoms with van der Waals surface area (Å²) in [5.74, 6) is 3.39. The van der Waals surface area contributed by atoms with E-state index in [1.165, 1.54) is 0 Å². The second-order valence-corrected chi connectivity index (χ2v) is 9.11. The van der Waals surface area contributed by atoms with E-state index in [1.54, 1.807) is 15.3 Å². The topological polar surface area (TPSA) is 313 Å². The smallest absolute Gasteiger partial charge is 0.412 e. The lowest BCUT2D eigenvalue weighted by atomic mass is 10.2. The van der Waals surface area contributed by atoms with Gasteiger partial charge < -0.3 is 16.1 Å². The molecule has 0 aromatic carbocycles. The normalized spacial score (nSPS) is 14.2. The zero-order valence-electron chi connectivity index (χ0n) is 20.4. The lowest BCUT2D eigenvalue weighted by molar-refractivity contribution is -2.00. The SMILES string of the molecule is CC1=NC2=Nc3cc[n+](Cc4c[n+](C)c(C)nc4N)c(=O)n3CC2=CN1C.O.[O-][Cl+3]([O-])([O-])[O-].[O-][Cl+3]([O-])([O-])[O-]. The van der Waals surface area contributed by atoms with Crippen molar-refractivity contribution in [3.05, 3.63) is 52.1 Å². The number of aliphatic imine (C=N–C) groups is 2. The molecule has 0 fully saturated rings. The summed E-state index contributed by atoms with van der Waals surface area (Å²) in [6.07, 6.45) is 5.61. The zero-order valence-corrected chi connectivity index (χ0v) is 21.9. The van der Waals surface area contributed by atoms with Crippen molar-refractivity contribution in [2.24, 2.45) is 17.0 Å². The highest BCUT2D eigenvalue weighted by Gasteiger charge is 2.28. The van der Waals surface area contributed by atoms with Gasteiger partial charge in [0, 0.05) is 26.2 Å². The number of rotatable bonds is 2. The zero-order chi connectivity index (χ0) is 28.3.